The normalized spacial score (nSPS) is 12.2. The fourth-order valence-electron chi connectivity index (χ4n) is 1.85. The molecule has 0 saturated carbocycles. The Kier molecular flexibility index (Phi) is 6.16. The van der Waals surface area contributed by atoms with Gasteiger partial charge in [0.15, 0.2) is 0 Å². The largest absolute Gasteiger partial charge is 0.416 e. The molecule has 2 aromatic rings. The summed E-state index contributed by atoms with van der Waals surface area (Å²) in [5, 5.41) is 8.01. The van der Waals surface area contributed by atoms with Crippen LogP contribution in [0.3, 0.4) is 0 Å². The van der Waals surface area contributed by atoms with Crippen molar-refractivity contribution in [3.8, 4) is 5.69 Å². The molecule has 0 aliphatic carbocycles. The van der Waals surface area contributed by atoms with Gasteiger partial charge in [-0.1, -0.05) is 23.2 Å². The second-order valence-electron chi connectivity index (χ2n) is 4.52. The monoisotopic (exact) mass is 401 g/mol. The van der Waals surface area contributed by atoms with E-state index in [9.17, 15) is 13.2 Å². The SMILES string of the molecule is CSC(Cc1cnn(-c2c(Cl)cc(C(F)(F)F)cc2Cl)n1)SC. The highest BCUT2D eigenvalue weighted by Crippen LogP contribution is 2.37. The molecule has 0 bridgehead atoms. The first-order valence-electron chi connectivity index (χ1n) is 6.29. The van der Waals surface area contributed by atoms with E-state index in [0.29, 0.717) is 16.7 Å². The van der Waals surface area contributed by atoms with Crippen LogP contribution in [0.4, 0.5) is 13.2 Å². The fourth-order valence-corrected chi connectivity index (χ4v) is 3.93. The summed E-state index contributed by atoms with van der Waals surface area (Å²) in [5.74, 6) is 0. The van der Waals surface area contributed by atoms with Crippen molar-refractivity contribution in [3.05, 3.63) is 39.6 Å². The molecule has 0 saturated heterocycles. The molecule has 0 unspecified atom stereocenters. The zero-order valence-corrected chi connectivity index (χ0v) is 15.2. The molecular weight excluding hydrogens is 390 g/mol. The van der Waals surface area contributed by atoms with Gasteiger partial charge >= 0.3 is 6.18 Å². The van der Waals surface area contributed by atoms with Crippen molar-refractivity contribution < 1.29 is 13.2 Å². The smallest absolute Gasteiger partial charge is 0.166 e. The van der Waals surface area contributed by atoms with Crippen molar-refractivity contribution in [1.82, 2.24) is 15.0 Å². The highest BCUT2D eigenvalue weighted by atomic mass is 35.5. The number of hydrogen-bond acceptors (Lipinski definition) is 4. The minimum atomic E-state index is -4.52. The first-order chi connectivity index (χ1) is 10.8. The van der Waals surface area contributed by atoms with Gasteiger partial charge in [-0.2, -0.15) is 46.9 Å². The van der Waals surface area contributed by atoms with Gasteiger partial charge in [-0.05, 0) is 24.6 Å². The average molecular weight is 402 g/mol. The predicted molar refractivity (Wildman–Crippen MR) is 90.9 cm³/mol. The summed E-state index contributed by atoms with van der Waals surface area (Å²) in [5.41, 5.74) is -0.0587. The minimum Gasteiger partial charge on any atom is -0.166 e. The molecule has 0 aliphatic rings. The molecule has 23 heavy (non-hydrogen) atoms. The van der Waals surface area contributed by atoms with Crippen LogP contribution in [-0.4, -0.2) is 32.1 Å². The van der Waals surface area contributed by atoms with Gasteiger partial charge in [0.25, 0.3) is 0 Å². The van der Waals surface area contributed by atoms with Crippen LogP contribution in [0, 0.1) is 0 Å². The second-order valence-corrected chi connectivity index (χ2v) is 7.71. The summed E-state index contributed by atoms with van der Waals surface area (Å²) in [7, 11) is 0. The molecule has 0 aliphatic heterocycles. The van der Waals surface area contributed by atoms with Crippen LogP contribution in [-0.2, 0) is 12.6 Å². The van der Waals surface area contributed by atoms with Gasteiger partial charge in [0.2, 0.25) is 0 Å². The summed E-state index contributed by atoms with van der Waals surface area (Å²) in [6.45, 7) is 0. The molecule has 0 amide bonds. The van der Waals surface area contributed by atoms with Gasteiger partial charge in [0.1, 0.15) is 5.69 Å². The van der Waals surface area contributed by atoms with Crippen LogP contribution in [0.15, 0.2) is 18.3 Å². The highest BCUT2D eigenvalue weighted by molar-refractivity contribution is 8.16. The van der Waals surface area contributed by atoms with E-state index in [1.165, 1.54) is 0 Å². The number of hydrogen-bond donors (Lipinski definition) is 0. The Bertz CT molecular complexity index is 664. The number of benzene rings is 1. The summed E-state index contributed by atoms with van der Waals surface area (Å²) < 4.78 is 38.6. The number of aromatic nitrogens is 3. The molecule has 0 atom stereocenters. The van der Waals surface area contributed by atoms with E-state index in [2.05, 4.69) is 10.2 Å². The number of halogens is 5. The van der Waals surface area contributed by atoms with Gasteiger partial charge in [-0.15, -0.1) is 4.80 Å². The van der Waals surface area contributed by atoms with E-state index in [-0.39, 0.29) is 15.7 Å². The minimum absolute atomic E-state index is 0.137. The maximum absolute atomic E-state index is 12.7. The third-order valence-electron chi connectivity index (χ3n) is 2.99. The molecule has 1 aromatic heterocycles. The van der Waals surface area contributed by atoms with Crippen LogP contribution in [0.25, 0.3) is 5.69 Å². The van der Waals surface area contributed by atoms with Crippen molar-refractivity contribution in [2.75, 3.05) is 12.5 Å². The number of thioether (sulfide) groups is 2. The van der Waals surface area contributed by atoms with Gasteiger partial charge in [-0.25, -0.2) is 0 Å². The molecule has 2 rings (SSSR count). The van der Waals surface area contributed by atoms with E-state index in [4.69, 9.17) is 23.2 Å². The summed E-state index contributed by atoms with van der Waals surface area (Å²) in [6, 6.07) is 1.64. The topological polar surface area (TPSA) is 30.7 Å². The zero-order valence-electron chi connectivity index (χ0n) is 12.1. The maximum atomic E-state index is 12.7. The van der Waals surface area contributed by atoms with Crippen LogP contribution < -0.4 is 0 Å². The number of nitrogens with zero attached hydrogens (tertiary/aromatic N) is 3. The molecule has 0 fully saturated rings. The number of rotatable bonds is 5. The molecule has 0 N–H and O–H groups in total. The molecule has 126 valence electrons. The highest BCUT2D eigenvalue weighted by Gasteiger charge is 2.32. The summed E-state index contributed by atoms with van der Waals surface area (Å²) in [6.07, 6.45) is 1.71. The third kappa shape index (κ3) is 4.49. The van der Waals surface area contributed by atoms with Crippen molar-refractivity contribution in [3.63, 3.8) is 0 Å². The van der Waals surface area contributed by atoms with Crippen molar-refractivity contribution >= 4 is 46.7 Å². The fraction of sp³-hybridized carbons (Fsp3) is 0.385. The van der Waals surface area contributed by atoms with Gasteiger partial charge in [0.05, 0.1) is 32.1 Å². The Morgan fingerprint density at radius 3 is 2.22 bits per heavy atom. The van der Waals surface area contributed by atoms with Gasteiger partial charge in [-0.3, -0.25) is 0 Å². The van der Waals surface area contributed by atoms with Crippen LogP contribution in [0.2, 0.25) is 10.0 Å². The van der Waals surface area contributed by atoms with Gasteiger partial charge < -0.3 is 0 Å². The Labute approximate surface area is 149 Å². The van der Waals surface area contributed by atoms with Crippen LogP contribution >= 0.6 is 46.7 Å². The number of alkyl halides is 3. The summed E-state index contributed by atoms with van der Waals surface area (Å²) >= 11 is 15.3. The first kappa shape index (κ1) is 18.8. The zero-order chi connectivity index (χ0) is 17.2. The standard InChI is InChI=1S/C13H12Cl2F3N3S2/c1-22-11(23-2)5-8-6-19-21(20-8)12-9(14)3-7(4-10(12)15)13(16,17)18/h3-4,6,11H,5H2,1-2H3. The van der Waals surface area contributed by atoms with Crippen molar-refractivity contribution in [2.24, 2.45) is 0 Å². The maximum Gasteiger partial charge on any atom is 0.416 e. The lowest BCUT2D eigenvalue weighted by Gasteiger charge is -2.11. The Morgan fingerprint density at radius 2 is 1.74 bits per heavy atom. The van der Waals surface area contributed by atoms with Crippen LogP contribution in [0.1, 0.15) is 11.3 Å². The van der Waals surface area contributed by atoms with Crippen LogP contribution in [0.5, 0.6) is 0 Å². The molecule has 3 nitrogen and oxygen atoms in total. The lowest BCUT2D eigenvalue weighted by atomic mass is 10.2. The molecule has 10 heteroatoms. The summed E-state index contributed by atoms with van der Waals surface area (Å²) in [4.78, 5) is 1.16. The quantitative estimate of drug-likeness (QED) is 0.645. The predicted octanol–water partition coefficient (Wildman–Crippen LogP) is 5.19. The average Bonchev–Trinajstić information content (AvgIpc) is 2.91. The molecule has 1 heterocycles. The van der Waals surface area contributed by atoms with E-state index < -0.39 is 11.7 Å². The lowest BCUT2D eigenvalue weighted by Crippen LogP contribution is -2.08. The van der Waals surface area contributed by atoms with E-state index in [1.54, 1.807) is 29.7 Å². The van der Waals surface area contributed by atoms with Gasteiger partial charge in [0, 0.05) is 6.42 Å². The first-order valence-corrected chi connectivity index (χ1v) is 9.63. The second kappa shape index (κ2) is 7.55. The van der Waals surface area contributed by atoms with E-state index in [1.807, 2.05) is 12.5 Å². The molecular formula is C13H12Cl2F3N3S2. The molecule has 0 radical (unpaired) electrons. The third-order valence-corrected chi connectivity index (χ3v) is 6.10. The Balaban J connectivity index is 2.34. The Morgan fingerprint density at radius 1 is 1.17 bits per heavy atom. The Hall–Kier alpha value is -0.570. The van der Waals surface area contributed by atoms with E-state index >= 15 is 0 Å². The molecule has 0 spiro atoms. The molecule has 1 aromatic carbocycles. The van der Waals surface area contributed by atoms with Crippen molar-refractivity contribution in [2.45, 2.75) is 17.2 Å². The van der Waals surface area contributed by atoms with Crippen molar-refractivity contribution in [1.29, 1.82) is 0 Å². The lowest BCUT2D eigenvalue weighted by molar-refractivity contribution is -0.137. The van der Waals surface area contributed by atoms with E-state index in [0.717, 1.165) is 16.9 Å².